The van der Waals surface area contributed by atoms with E-state index >= 15 is 0 Å². The van der Waals surface area contributed by atoms with Gasteiger partial charge in [-0.1, -0.05) is 57.7 Å². The molecule has 84 valence electrons. The molecule has 0 unspecified atom stereocenters. The Bertz CT molecular complexity index is 134. The Kier molecular flexibility index (Phi) is 11.1. The standard InChI is InChI=1S/C12H24OS/c1-3-5-6-7-8-9-11-14-12(13)10-4-2/h3-11H2,1-2H3. The maximum Gasteiger partial charge on any atom is 0.188 e. The number of carbonyl (C=O) groups is 1. The average molecular weight is 216 g/mol. The molecule has 0 aromatic rings. The van der Waals surface area contributed by atoms with Crippen molar-refractivity contribution in [1.82, 2.24) is 0 Å². The van der Waals surface area contributed by atoms with Crippen molar-refractivity contribution in [2.24, 2.45) is 0 Å². The highest BCUT2D eigenvalue weighted by Gasteiger charge is 1.99. The third kappa shape index (κ3) is 10.1. The van der Waals surface area contributed by atoms with Gasteiger partial charge in [-0.3, -0.25) is 4.79 Å². The van der Waals surface area contributed by atoms with E-state index in [1.54, 1.807) is 0 Å². The lowest BCUT2D eigenvalue weighted by atomic mass is 10.1. The summed E-state index contributed by atoms with van der Waals surface area (Å²) >= 11 is 1.53. The molecule has 0 aromatic heterocycles. The van der Waals surface area contributed by atoms with E-state index in [0.717, 1.165) is 18.6 Å². The minimum absolute atomic E-state index is 0.376. The Morgan fingerprint density at radius 1 is 0.929 bits per heavy atom. The van der Waals surface area contributed by atoms with Crippen LogP contribution in [0.3, 0.4) is 0 Å². The highest BCUT2D eigenvalue weighted by molar-refractivity contribution is 8.13. The molecule has 0 saturated carbocycles. The SMILES string of the molecule is CCCCCCCCSC(=O)CCC. The Balaban J connectivity index is 3.01. The molecule has 0 saturated heterocycles. The molecule has 0 aliphatic rings. The summed E-state index contributed by atoms with van der Waals surface area (Å²) in [5.74, 6) is 1.03. The molecule has 0 aliphatic heterocycles. The van der Waals surface area contributed by atoms with Crippen LogP contribution < -0.4 is 0 Å². The molecule has 0 N–H and O–H groups in total. The number of hydrogen-bond donors (Lipinski definition) is 0. The van der Waals surface area contributed by atoms with Gasteiger partial charge in [0.25, 0.3) is 0 Å². The zero-order chi connectivity index (χ0) is 10.6. The van der Waals surface area contributed by atoms with E-state index < -0.39 is 0 Å². The Morgan fingerprint density at radius 2 is 1.57 bits per heavy atom. The van der Waals surface area contributed by atoms with Crippen LogP contribution in [0.5, 0.6) is 0 Å². The van der Waals surface area contributed by atoms with Crippen LogP contribution in [-0.4, -0.2) is 10.9 Å². The number of carbonyl (C=O) groups excluding carboxylic acids is 1. The molecule has 2 heteroatoms. The number of unbranched alkanes of at least 4 members (excludes halogenated alkanes) is 5. The first kappa shape index (κ1) is 14.0. The van der Waals surface area contributed by atoms with Crippen molar-refractivity contribution < 1.29 is 4.79 Å². The van der Waals surface area contributed by atoms with E-state index in [0.29, 0.717) is 5.12 Å². The Labute approximate surface area is 93.0 Å². The third-order valence-corrected chi connectivity index (χ3v) is 3.23. The number of rotatable bonds is 9. The summed E-state index contributed by atoms with van der Waals surface area (Å²) in [6, 6.07) is 0. The van der Waals surface area contributed by atoms with Crippen molar-refractivity contribution in [3.63, 3.8) is 0 Å². The van der Waals surface area contributed by atoms with E-state index in [1.807, 2.05) is 0 Å². The van der Waals surface area contributed by atoms with Crippen molar-refractivity contribution in [1.29, 1.82) is 0 Å². The molecule has 0 radical (unpaired) electrons. The zero-order valence-electron chi connectivity index (χ0n) is 9.68. The molecule has 0 atom stereocenters. The molecular weight excluding hydrogens is 192 g/mol. The van der Waals surface area contributed by atoms with Crippen LogP contribution in [0, 0.1) is 0 Å². The maximum atomic E-state index is 11.1. The summed E-state index contributed by atoms with van der Waals surface area (Å²) in [7, 11) is 0. The second-order valence-corrected chi connectivity index (χ2v) is 4.89. The number of hydrogen-bond acceptors (Lipinski definition) is 2. The van der Waals surface area contributed by atoms with Crippen LogP contribution >= 0.6 is 11.8 Å². The van der Waals surface area contributed by atoms with E-state index in [4.69, 9.17) is 0 Å². The van der Waals surface area contributed by atoms with Crippen molar-refractivity contribution in [3.8, 4) is 0 Å². The molecule has 0 rings (SSSR count). The monoisotopic (exact) mass is 216 g/mol. The lowest BCUT2D eigenvalue weighted by Gasteiger charge is -2.00. The highest BCUT2D eigenvalue weighted by atomic mass is 32.2. The van der Waals surface area contributed by atoms with Crippen LogP contribution in [0.1, 0.15) is 65.2 Å². The minimum atomic E-state index is 0.376. The third-order valence-electron chi connectivity index (χ3n) is 2.22. The zero-order valence-corrected chi connectivity index (χ0v) is 10.5. The molecule has 0 aromatic carbocycles. The van der Waals surface area contributed by atoms with Crippen LogP contribution in [0.25, 0.3) is 0 Å². The predicted molar refractivity (Wildman–Crippen MR) is 65.7 cm³/mol. The fraction of sp³-hybridized carbons (Fsp3) is 0.917. The van der Waals surface area contributed by atoms with Gasteiger partial charge in [0, 0.05) is 12.2 Å². The fourth-order valence-electron chi connectivity index (χ4n) is 1.34. The average Bonchev–Trinajstić information content (AvgIpc) is 2.17. The van der Waals surface area contributed by atoms with E-state index in [1.165, 1.54) is 50.3 Å². The normalized spacial score (nSPS) is 10.4. The molecular formula is C12H24OS. The molecule has 0 amide bonds. The Hall–Kier alpha value is 0.0200. The van der Waals surface area contributed by atoms with E-state index in [2.05, 4.69) is 13.8 Å². The number of thioether (sulfide) groups is 1. The van der Waals surface area contributed by atoms with Crippen LogP contribution in [0.15, 0.2) is 0 Å². The summed E-state index contributed by atoms with van der Waals surface area (Å²) in [6.07, 6.45) is 9.63. The minimum Gasteiger partial charge on any atom is -0.287 e. The summed E-state index contributed by atoms with van der Waals surface area (Å²) in [4.78, 5) is 11.1. The second-order valence-electron chi connectivity index (χ2n) is 3.74. The maximum absolute atomic E-state index is 11.1. The lowest BCUT2D eigenvalue weighted by Crippen LogP contribution is -1.92. The molecule has 0 heterocycles. The van der Waals surface area contributed by atoms with Crippen molar-refractivity contribution in [2.45, 2.75) is 65.2 Å². The Morgan fingerprint density at radius 3 is 2.21 bits per heavy atom. The van der Waals surface area contributed by atoms with Crippen molar-refractivity contribution >= 4 is 16.9 Å². The van der Waals surface area contributed by atoms with Gasteiger partial charge in [-0.2, -0.15) is 0 Å². The summed E-state index contributed by atoms with van der Waals surface area (Å²) in [5.41, 5.74) is 0. The van der Waals surface area contributed by atoms with Gasteiger partial charge >= 0.3 is 0 Å². The summed E-state index contributed by atoms with van der Waals surface area (Å²) in [5, 5.41) is 0.376. The van der Waals surface area contributed by atoms with Crippen molar-refractivity contribution in [3.05, 3.63) is 0 Å². The molecule has 1 nitrogen and oxygen atoms in total. The van der Waals surface area contributed by atoms with Gasteiger partial charge in [-0.15, -0.1) is 0 Å². The van der Waals surface area contributed by atoms with Gasteiger partial charge in [0.15, 0.2) is 5.12 Å². The second kappa shape index (κ2) is 11.1. The highest BCUT2D eigenvalue weighted by Crippen LogP contribution is 2.12. The van der Waals surface area contributed by atoms with Gasteiger partial charge in [0.05, 0.1) is 0 Å². The predicted octanol–water partition coefficient (Wildman–Crippen LogP) is 4.41. The molecule has 0 aliphatic carbocycles. The van der Waals surface area contributed by atoms with Gasteiger partial charge < -0.3 is 0 Å². The summed E-state index contributed by atoms with van der Waals surface area (Å²) in [6.45, 7) is 4.29. The van der Waals surface area contributed by atoms with E-state index in [-0.39, 0.29) is 0 Å². The quantitative estimate of drug-likeness (QED) is 0.531. The van der Waals surface area contributed by atoms with Gasteiger partial charge in [-0.25, -0.2) is 0 Å². The largest absolute Gasteiger partial charge is 0.287 e. The fourth-order valence-corrected chi connectivity index (χ4v) is 2.27. The molecule has 0 bridgehead atoms. The topological polar surface area (TPSA) is 17.1 Å². The van der Waals surface area contributed by atoms with Crippen molar-refractivity contribution in [2.75, 3.05) is 5.75 Å². The molecule has 0 spiro atoms. The van der Waals surface area contributed by atoms with Gasteiger partial charge in [0.1, 0.15) is 0 Å². The van der Waals surface area contributed by atoms with Crippen LogP contribution in [0.2, 0.25) is 0 Å². The first-order chi connectivity index (χ1) is 6.81. The molecule has 0 fully saturated rings. The first-order valence-corrected chi connectivity index (χ1v) is 6.95. The van der Waals surface area contributed by atoms with E-state index in [9.17, 15) is 4.79 Å². The summed E-state index contributed by atoms with van der Waals surface area (Å²) < 4.78 is 0. The van der Waals surface area contributed by atoms with Gasteiger partial charge in [-0.05, 0) is 12.8 Å². The van der Waals surface area contributed by atoms with Crippen LogP contribution in [-0.2, 0) is 4.79 Å². The first-order valence-electron chi connectivity index (χ1n) is 5.96. The van der Waals surface area contributed by atoms with Crippen LogP contribution in [0.4, 0.5) is 0 Å². The lowest BCUT2D eigenvalue weighted by molar-refractivity contribution is -0.111. The smallest absolute Gasteiger partial charge is 0.188 e. The van der Waals surface area contributed by atoms with Gasteiger partial charge in [0.2, 0.25) is 0 Å². The molecule has 14 heavy (non-hydrogen) atoms.